The van der Waals surface area contributed by atoms with Crippen LogP contribution in [0, 0.1) is 17.8 Å². The van der Waals surface area contributed by atoms with E-state index in [0.29, 0.717) is 6.10 Å². The van der Waals surface area contributed by atoms with Gasteiger partial charge in [-0.3, -0.25) is 0 Å². The Morgan fingerprint density at radius 3 is 2.06 bits per heavy atom. The molecule has 0 heterocycles. The summed E-state index contributed by atoms with van der Waals surface area (Å²) in [6, 6.07) is 0. The number of methoxy groups -OCH3 is 1. The van der Waals surface area contributed by atoms with Crippen molar-refractivity contribution >= 4 is 0 Å². The summed E-state index contributed by atoms with van der Waals surface area (Å²) >= 11 is 0. The first-order chi connectivity index (χ1) is 8.35. The summed E-state index contributed by atoms with van der Waals surface area (Å²) in [5.74, 6) is 2.61. The molecule has 1 heteroatoms. The minimum atomic E-state index is 0.531. The normalized spacial score (nSPS) is 33.2. The summed E-state index contributed by atoms with van der Waals surface area (Å²) < 4.78 is 5.47. The van der Waals surface area contributed by atoms with E-state index >= 15 is 0 Å². The summed E-state index contributed by atoms with van der Waals surface area (Å²) in [5, 5.41) is 0. The largest absolute Gasteiger partial charge is 0.381 e. The standard InChI is InChI=1S/C16H28O/c1-3-16(13-7-5-4-6-8-13)14-9-11-15(17-2)12-10-14/h3,13-16H,1,4-12H2,2H3. The van der Waals surface area contributed by atoms with Gasteiger partial charge in [0.2, 0.25) is 0 Å². The zero-order valence-electron chi connectivity index (χ0n) is 11.4. The second kappa shape index (κ2) is 6.58. The van der Waals surface area contributed by atoms with E-state index in [2.05, 4.69) is 12.7 Å². The minimum Gasteiger partial charge on any atom is -0.381 e. The number of ether oxygens (including phenoxy) is 1. The van der Waals surface area contributed by atoms with Crippen molar-refractivity contribution in [3.8, 4) is 0 Å². The fourth-order valence-corrected chi connectivity index (χ4v) is 4.00. The highest BCUT2D eigenvalue weighted by atomic mass is 16.5. The highest BCUT2D eigenvalue weighted by Crippen LogP contribution is 2.40. The zero-order valence-corrected chi connectivity index (χ0v) is 11.4. The molecule has 17 heavy (non-hydrogen) atoms. The van der Waals surface area contributed by atoms with E-state index in [1.807, 2.05) is 7.11 Å². The molecular weight excluding hydrogens is 208 g/mol. The molecule has 0 aromatic carbocycles. The predicted molar refractivity (Wildman–Crippen MR) is 73.0 cm³/mol. The lowest BCUT2D eigenvalue weighted by atomic mass is 9.69. The van der Waals surface area contributed by atoms with Gasteiger partial charge in [0.1, 0.15) is 0 Å². The summed E-state index contributed by atoms with van der Waals surface area (Å²) in [6.07, 6.45) is 15.3. The lowest BCUT2D eigenvalue weighted by Crippen LogP contribution is -2.29. The van der Waals surface area contributed by atoms with Crippen LogP contribution in [0.1, 0.15) is 57.8 Å². The third-order valence-electron chi connectivity index (χ3n) is 5.06. The monoisotopic (exact) mass is 236 g/mol. The van der Waals surface area contributed by atoms with E-state index in [-0.39, 0.29) is 0 Å². The second-order valence-corrected chi connectivity index (χ2v) is 5.98. The average molecular weight is 236 g/mol. The molecule has 0 amide bonds. The first kappa shape index (κ1) is 13.1. The number of hydrogen-bond acceptors (Lipinski definition) is 1. The van der Waals surface area contributed by atoms with Crippen molar-refractivity contribution in [2.75, 3.05) is 7.11 Å². The fraction of sp³-hybridized carbons (Fsp3) is 0.875. The SMILES string of the molecule is C=CC(C1CCCCC1)C1CCC(OC)CC1. The molecule has 98 valence electrons. The van der Waals surface area contributed by atoms with Gasteiger partial charge in [0.15, 0.2) is 0 Å². The molecule has 1 nitrogen and oxygen atoms in total. The van der Waals surface area contributed by atoms with E-state index in [9.17, 15) is 0 Å². The Kier molecular flexibility index (Phi) is 5.09. The second-order valence-electron chi connectivity index (χ2n) is 5.98. The highest BCUT2D eigenvalue weighted by Gasteiger charge is 2.31. The van der Waals surface area contributed by atoms with Gasteiger partial charge in [-0.2, -0.15) is 0 Å². The van der Waals surface area contributed by atoms with Crippen LogP contribution in [0.25, 0.3) is 0 Å². The molecule has 0 radical (unpaired) electrons. The Morgan fingerprint density at radius 2 is 1.53 bits per heavy atom. The topological polar surface area (TPSA) is 9.23 Å². The number of rotatable bonds is 4. The summed E-state index contributed by atoms with van der Waals surface area (Å²) in [7, 11) is 1.86. The first-order valence-corrected chi connectivity index (χ1v) is 7.50. The van der Waals surface area contributed by atoms with Gasteiger partial charge in [0.05, 0.1) is 6.10 Å². The lowest BCUT2D eigenvalue weighted by molar-refractivity contribution is 0.0424. The summed E-state index contributed by atoms with van der Waals surface area (Å²) in [6.45, 7) is 4.12. The molecule has 0 aromatic rings. The van der Waals surface area contributed by atoms with Crippen molar-refractivity contribution in [3.63, 3.8) is 0 Å². The van der Waals surface area contributed by atoms with Crippen molar-refractivity contribution in [3.05, 3.63) is 12.7 Å². The van der Waals surface area contributed by atoms with Gasteiger partial charge in [-0.1, -0.05) is 25.3 Å². The van der Waals surface area contributed by atoms with Gasteiger partial charge in [0, 0.05) is 7.11 Å². The molecule has 0 spiro atoms. The van der Waals surface area contributed by atoms with Gasteiger partial charge < -0.3 is 4.74 Å². The van der Waals surface area contributed by atoms with Crippen LogP contribution in [0.4, 0.5) is 0 Å². The van der Waals surface area contributed by atoms with Crippen molar-refractivity contribution < 1.29 is 4.74 Å². The molecular formula is C16H28O. The molecule has 2 aliphatic rings. The van der Waals surface area contributed by atoms with Crippen molar-refractivity contribution in [1.82, 2.24) is 0 Å². The molecule has 0 aromatic heterocycles. The first-order valence-electron chi connectivity index (χ1n) is 7.50. The Morgan fingerprint density at radius 1 is 0.941 bits per heavy atom. The van der Waals surface area contributed by atoms with Crippen LogP contribution in [0.3, 0.4) is 0 Å². The van der Waals surface area contributed by atoms with E-state index in [0.717, 1.165) is 17.8 Å². The van der Waals surface area contributed by atoms with Crippen LogP contribution in [0.2, 0.25) is 0 Å². The van der Waals surface area contributed by atoms with Gasteiger partial charge in [0.25, 0.3) is 0 Å². The predicted octanol–water partition coefficient (Wildman–Crippen LogP) is 4.57. The number of hydrogen-bond donors (Lipinski definition) is 0. The third kappa shape index (κ3) is 3.34. The van der Waals surface area contributed by atoms with Crippen LogP contribution < -0.4 is 0 Å². The maximum atomic E-state index is 5.47. The molecule has 1 unspecified atom stereocenters. The van der Waals surface area contributed by atoms with E-state index < -0.39 is 0 Å². The Hall–Kier alpha value is -0.300. The lowest BCUT2D eigenvalue weighted by Gasteiger charge is -2.37. The van der Waals surface area contributed by atoms with Gasteiger partial charge in [-0.05, 0) is 56.3 Å². The minimum absolute atomic E-state index is 0.531. The van der Waals surface area contributed by atoms with Gasteiger partial charge in [-0.25, -0.2) is 0 Å². The molecule has 2 rings (SSSR count). The van der Waals surface area contributed by atoms with Crippen LogP contribution in [0.5, 0.6) is 0 Å². The third-order valence-corrected chi connectivity index (χ3v) is 5.06. The van der Waals surface area contributed by atoms with E-state index in [4.69, 9.17) is 4.74 Å². The Bertz CT molecular complexity index is 222. The summed E-state index contributed by atoms with van der Waals surface area (Å²) in [5.41, 5.74) is 0. The zero-order chi connectivity index (χ0) is 12.1. The van der Waals surface area contributed by atoms with Crippen LogP contribution in [-0.4, -0.2) is 13.2 Å². The fourth-order valence-electron chi connectivity index (χ4n) is 4.00. The summed E-state index contributed by atoms with van der Waals surface area (Å²) in [4.78, 5) is 0. The average Bonchev–Trinajstić information content (AvgIpc) is 2.42. The van der Waals surface area contributed by atoms with Gasteiger partial charge in [-0.15, -0.1) is 6.58 Å². The quantitative estimate of drug-likeness (QED) is 0.649. The van der Waals surface area contributed by atoms with Crippen molar-refractivity contribution in [1.29, 1.82) is 0 Å². The van der Waals surface area contributed by atoms with Crippen molar-refractivity contribution in [2.24, 2.45) is 17.8 Å². The van der Waals surface area contributed by atoms with Crippen molar-refractivity contribution in [2.45, 2.75) is 63.9 Å². The molecule has 0 saturated heterocycles. The molecule has 0 aliphatic heterocycles. The maximum Gasteiger partial charge on any atom is 0.0571 e. The molecule has 2 fully saturated rings. The van der Waals surface area contributed by atoms with Crippen LogP contribution >= 0.6 is 0 Å². The molecule has 2 saturated carbocycles. The Balaban J connectivity index is 1.87. The molecule has 0 bridgehead atoms. The Labute approximate surface area is 107 Å². The highest BCUT2D eigenvalue weighted by molar-refractivity contribution is 4.92. The number of allylic oxidation sites excluding steroid dienone is 1. The smallest absolute Gasteiger partial charge is 0.0571 e. The molecule has 2 aliphatic carbocycles. The molecule has 0 N–H and O–H groups in total. The van der Waals surface area contributed by atoms with E-state index in [1.54, 1.807) is 0 Å². The van der Waals surface area contributed by atoms with E-state index in [1.165, 1.54) is 57.8 Å². The molecule has 1 atom stereocenters. The van der Waals surface area contributed by atoms with Crippen LogP contribution in [0.15, 0.2) is 12.7 Å². The van der Waals surface area contributed by atoms with Gasteiger partial charge >= 0.3 is 0 Å². The van der Waals surface area contributed by atoms with Crippen LogP contribution in [-0.2, 0) is 4.74 Å². The maximum absolute atomic E-state index is 5.47.